The number of amides is 1. The van der Waals surface area contributed by atoms with Gasteiger partial charge in [0.25, 0.3) is 11.7 Å². The molecule has 1 unspecified atom stereocenters. The molecule has 0 aliphatic carbocycles. The van der Waals surface area contributed by atoms with Crippen LogP contribution in [0.15, 0.2) is 4.52 Å². The van der Waals surface area contributed by atoms with Crippen molar-refractivity contribution in [3.8, 4) is 0 Å². The molecule has 2 N–H and O–H groups in total. The molecule has 2 rings (SSSR count). The molecule has 1 saturated heterocycles. The zero-order chi connectivity index (χ0) is 15.2. The predicted molar refractivity (Wildman–Crippen MR) is 69.7 cm³/mol. The Bertz CT molecular complexity index is 498. The fourth-order valence-electron chi connectivity index (χ4n) is 2.12. The molecular formula is C12H18N4O5. The maximum absolute atomic E-state index is 12.2. The monoisotopic (exact) mass is 298 g/mol. The maximum Gasteiger partial charge on any atom is 0.323 e. The summed E-state index contributed by atoms with van der Waals surface area (Å²) in [7, 11) is 1.47. The SMILES string of the molecule is COCCN(CC(=O)O)C(=O)c1noc(C2CCCN2)n1. The molecule has 1 aliphatic heterocycles. The number of hydrogen-bond acceptors (Lipinski definition) is 7. The summed E-state index contributed by atoms with van der Waals surface area (Å²) < 4.78 is 9.94. The highest BCUT2D eigenvalue weighted by Crippen LogP contribution is 2.21. The van der Waals surface area contributed by atoms with Crippen LogP contribution in [0.1, 0.15) is 35.4 Å². The van der Waals surface area contributed by atoms with Crippen molar-refractivity contribution in [1.82, 2.24) is 20.4 Å². The second kappa shape index (κ2) is 7.14. The normalized spacial score (nSPS) is 17.9. The van der Waals surface area contributed by atoms with E-state index >= 15 is 0 Å². The molecule has 1 amide bonds. The molecule has 9 heteroatoms. The van der Waals surface area contributed by atoms with Crippen LogP contribution in [0.4, 0.5) is 0 Å². The summed E-state index contributed by atoms with van der Waals surface area (Å²) in [6, 6.07) is -0.0362. The van der Waals surface area contributed by atoms with Crippen molar-refractivity contribution in [2.75, 3.05) is 33.4 Å². The molecule has 0 spiro atoms. The average molecular weight is 298 g/mol. The van der Waals surface area contributed by atoms with E-state index in [4.69, 9.17) is 14.4 Å². The number of ether oxygens (including phenoxy) is 1. The van der Waals surface area contributed by atoms with Crippen LogP contribution in [0.2, 0.25) is 0 Å². The van der Waals surface area contributed by atoms with Gasteiger partial charge in [0.05, 0.1) is 12.6 Å². The summed E-state index contributed by atoms with van der Waals surface area (Å²) in [4.78, 5) is 28.2. The van der Waals surface area contributed by atoms with E-state index in [1.807, 2.05) is 0 Å². The van der Waals surface area contributed by atoms with Crippen molar-refractivity contribution in [3.63, 3.8) is 0 Å². The van der Waals surface area contributed by atoms with Crippen LogP contribution < -0.4 is 5.32 Å². The van der Waals surface area contributed by atoms with Gasteiger partial charge in [-0.25, -0.2) is 0 Å². The lowest BCUT2D eigenvalue weighted by molar-refractivity contribution is -0.137. The lowest BCUT2D eigenvalue weighted by Crippen LogP contribution is -2.38. The van der Waals surface area contributed by atoms with E-state index in [-0.39, 0.29) is 25.0 Å². The van der Waals surface area contributed by atoms with Crippen LogP contribution in [0.3, 0.4) is 0 Å². The summed E-state index contributed by atoms with van der Waals surface area (Å²) in [5.74, 6) is -1.46. The lowest BCUT2D eigenvalue weighted by Gasteiger charge is -2.18. The summed E-state index contributed by atoms with van der Waals surface area (Å²) in [5, 5.41) is 15.7. The number of carboxylic acids is 1. The first-order chi connectivity index (χ1) is 10.1. The summed E-state index contributed by atoms with van der Waals surface area (Å²) in [6.45, 7) is 0.810. The third kappa shape index (κ3) is 3.99. The number of nitrogens with one attached hydrogen (secondary N) is 1. The van der Waals surface area contributed by atoms with Crippen molar-refractivity contribution in [2.24, 2.45) is 0 Å². The molecule has 1 fully saturated rings. The Morgan fingerprint density at radius 3 is 3.00 bits per heavy atom. The standard InChI is InChI=1S/C12H18N4O5/c1-20-6-5-16(7-9(17)18)12(19)10-14-11(21-15-10)8-3-2-4-13-8/h8,13H,2-7H2,1H3,(H,17,18). The summed E-state index contributed by atoms with van der Waals surface area (Å²) in [6.07, 6.45) is 1.88. The van der Waals surface area contributed by atoms with E-state index in [0.717, 1.165) is 24.3 Å². The highest BCUT2D eigenvalue weighted by molar-refractivity contribution is 5.92. The van der Waals surface area contributed by atoms with Gasteiger partial charge < -0.3 is 24.6 Å². The Hall–Kier alpha value is -2.00. The van der Waals surface area contributed by atoms with Crippen molar-refractivity contribution in [3.05, 3.63) is 11.7 Å². The third-order valence-corrected chi connectivity index (χ3v) is 3.17. The van der Waals surface area contributed by atoms with Crippen molar-refractivity contribution < 1.29 is 24.0 Å². The van der Waals surface area contributed by atoms with E-state index in [9.17, 15) is 9.59 Å². The quantitative estimate of drug-likeness (QED) is 0.702. The highest BCUT2D eigenvalue weighted by atomic mass is 16.5. The van der Waals surface area contributed by atoms with Crippen LogP contribution in [0, 0.1) is 0 Å². The first kappa shape index (κ1) is 15.4. The third-order valence-electron chi connectivity index (χ3n) is 3.17. The number of methoxy groups -OCH3 is 1. The maximum atomic E-state index is 12.2. The van der Waals surface area contributed by atoms with Gasteiger partial charge in [0.2, 0.25) is 5.89 Å². The molecule has 0 radical (unpaired) electrons. The fraction of sp³-hybridized carbons (Fsp3) is 0.667. The topological polar surface area (TPSA) is 118 Å². The van der Waals surface area contributed by atoms with E-state index in [1.165, 1.54) is 7.11 Å². The minimum absolute atomic E-state index is 0.0362. The molecule has 1 aliphatic rings. The van der Waals surface area contributed by atoms with E-state index in [1.54, 1.807) is 0 Å². The van der Waals surface area contributed by atoms with Crippen molar-refractivity contribution in [2.45, 2.75) is 18.9 Å². The molecule has 1 aromatic rings. The Morgan fingerprint density at radius 2 is 2.38 bits per heavy atom. The molecule has 116 valence electrons. The largest absolute Gasteiger partial charge is 0.480 e. The Kier molecular flexibility index (Phi) is 5.23. The van der Waals surface area contributed by atoms with Crippen LogP contribution in [0.5, 0.6) is 0 Å². The van der Waals surface area contributed by atoms with Crippen LogP contribution in [0.25, 0.3) is 0 Å². The number of aromatic nitrogens is 2. The average Bonchev–Trinajstić information content (AvgIpc) is 3.11. The number of carbonyl (C=O) groups excluding carboxylic acids is 1. The number of rotatable bonds is 7. The van der Waals surface area contributed by atoms with Crippen LogP contribution in [-0.2, 0) is 9.53 Å². The number of carbonyl (C=O) groups is 2. The number of carboxylic acid groups (broad SMARTS) is 1. The molecule has 21 heavy (non-hydrogen) atoms. The molecule has 0 aromatic carbocycles. The number of hydrogen-bond donors (Lipinski definition) is 2. The summed E-state index contributed by atoms with van der Waals surface area (Å²) >= 11 is 0. The van der Waals surface area contributed by atoms with Gasteiger partial charge in [-0.3, -0.25) is 9.59 Å². The van der Waals surface area contributed by atoms with Gasteiger partial charge >= 0.3 is 5.97 Å². The Balaban J connectivity index is 2.06. The number of aliphatic carboxylic acids is 1. The molecule has 0 bridgehead atoms. The smallest absolute Gasteiger partial charge is 0.323 e. The van der Waals surface area contributed by atoms with Gasteiger partial charge in [0.15, 0.2) is 0 Å². The molecule has 0 saturated carbocycles. The van der Waals surface area contributed by atoms with Crippen molar-refractivity contribution >= 4 is 11.9 Å². The van der Waals surface area contributed by atoms with Gasteiger partial charge in [0.1, 0.15) is 6.54 Å². The predicted octanol–water partition coefficient (Wildman–Crippen LogP) is -0.333. The minimum Gasteiger partial charge on any atom is -0.480 e. The molecule has 9 nitrogen and oxygen atoms in total. The lowest BCUT2D eigenvalue weighted by atomic mass is 10.2. The van der Waals surface area contributed by atoms with Gasteiger partial charge in [-0.15, -0.1) is 0 Å². The highest BCUT2D eigenvalue weighted by Gasteiger charge is 2.27. The second-order valence-electron chi connectivity index (χ2n) is 4.72. The summed E-state index contributed by atoms with van der Waals surface area (Å²) in [5.41, 5.74) is 0. The molecule has 1 aromatic heterocycles. The van der Waals surface area contributed by atoms with Crippen molar-refractivity contribution in [1.29, 1.82) is 0 Å². The van der Waals surface area contributed by atoms with Gasteiger partial charge in [0, 0.05) is 13.7 Å². The first-order valence-electron chi connectivity index (χ1n) is 6.69. The van der Waals surface area contributed by atoms with E-state index in [0.29, 0.717) is 5.89 Å². The zero-order valence-electron chi connectivity index (χ0n) is 11.7. The second-order valence-corrected chi connectivity index (χ2v) is 4.72. The van der Waals surface area contributed by atoms with Gasteiger partial charge in [-0.05, 0) is 19.4 Å². The molecular weight excluding hydrogens is 280 g/mol. The first-order valence-corrected chi connectivity index (χ1v) is 6.69. The fourth-order valence-corrected chi connectivity index (χ4v) is 2.12. The Labute approximate surface area is 121 Å². The number of nitrogens with zero attached hydrogens (tertiary/aromatic N) is 3. The minimum atomic E-state index is -1.11. The van der Waals surface area contributed by atoms with Gasteiger partial charge in [-0.1, -0.05) is 5.16 Å². The van der Waals surface area contributed by atoms with Gasteiger partial charge in [-0.2, -0.15) is 4.98 Å². The molecule has 1 atom stereocenters. The van der Waals surface area contributed by atoms with E-state index < -0.39 is 18.4 Å². The Morgan fingerprint density at radius 1 is 1.57 bits per heavy atom. The van der Waals surface area contributed by atoms with Crippen LogP contribution >= 0.6 is 0 Å². The van der Waals surface area contributed by atoms with Crippen LogP contribution in [-0.4, -0.2) is 65.4 Å². The molecule has 2 heterocycles. The van der Waals surface area contributed by atoms with E-state index in [2.05, 4.69) is 15.5 Å². The zero-order valence-corrected chi connectivity index (χ0v) is 11.7.